The van der Waals surface area contributed by atoms with Crippen LogP contribution in [0.15, 0.2) is 132 Å². The zero-order valence-corrected chi connectivity index (χ0v) is 20.7. The van der Waals surface area contributed by atoms with Crippen LogP contribution in [-0.4, -0.2) is 6.34 Å². The summed E-state index contributed by atoms with van der Waals surface area (Å²) in [7, 11) is 0. The molecule has 182 valence electrons. The van der Waals surface area contributed by atoms with Crippen LogP contribution in [0.4, 0.5) is 22.7 Å². The SMILES string of the molecule is C1=Nc2ccc3cc4cccc(Nc5ccc(Oc6ccccc6)cc5)c4cc3c2CN1c1ccccc1. The number of ether oxygens (including phenoxy) is 1. The average molecular weight is 492 g/mol. The van der Waals surface area contributed by atoms with Gasteiger partial charge in [0.25, 0.3) is 0 Å². The summed E-state index contributed by atoms with van der Waals surface area (Å²) in [5.74, 6) is 1.63. The minimum absolute atomic E-state index is 0.782. The average Bonchev–Trinajstić information content (AvgIpc) is 2.98. The van der Waals surface area contributed by atoms with E-state index in [1.165, 1.54) is 27.1 Å². The normalized spacial score (nSPS) is 12.5. The Balaban J connectivity index is 1.23. The molecule has 1 aliphatic rings. The van der Waals surface area contributed by atoms with E-state index in [2.05, 4.69) is 76.9 Å². The number of nitrogens with one attached hydrogen (secondary N) is 1. The van der Waals surface area contributed by atoms with Gasteiger partial charge in [0, 0.05) is 28.0 Å². The molecule has 0 amide bonds. The first-order valence-corrected chi connectivity index (χ1v) is 12.7. The number of aliphatic imine (C=N–C) groups is 1. The Kier molecular flexibility index (Phi) is 5.48. The van der Waals surface area contributed by atoms with Crippen LogP contribution in [0.5, 0.6) is 11.5 Å². The highest BCUT2D eigenvalue weighted by atomic mass is 16.5. The summed E-state index contributed by atoms with van der Waals surface area (Å²) < 4.78 is 5.95. The Morgan fingerprint density at radius 3 is 2.18 bits per heavy atom. The van der Waals surface area contributed by atoms with Crippen molar-refractivity contribution >= 4 is 50.6 Å². The maximum absolute atomic E-state index is 5.95. The third-order valence-electron chi connectivity index (χ3n) is 6.97. The van der Waals surface area contributed by atoms with Gasteiger partial charge < -0.3 is 15.0 Å². The molecule has 0 unspecified atom stereocenters. The quantitative estimate of drug-likeness (QED) is 0.244. The van der Waals surface area contributed by atoms with E-state index < -0.39 is 0 Å². The summed E-state index contributed by atoms with van der Waals surface area (Å²) in [5, 5.41) is 8.45. The lowest BCUT2D eigenvalue weighted by Gasteiger charge is -2.25. The Bertz CT molecular complexity index is 1780. The number of rotatable bonds is 5. The van der Waals surface area contributed by atoms with Gasteiger partial charge in [-0.25, -0.2) is 4.99 Å². The summed E-state index contributed by atoms with van der Waals surface area (Å²) in [5.41, 5.74) is 5.49. The van der Waals surface area contributed by atoms with Gasteiger partial charge in [-0.2, -0.15) is 0 Å². The zero-order chi connectivity index (χ0) is 25.3. The summed E-state index contributed by atoms with van der Waals surface area (Å²) in [6.45, 7) is 0.782. The van der Waals surface area contributed by atoms with Crippen LogP contribution in [0, 0.1) is 0 Å². The van der Waals surface area contributed by atoms with E-state index >= 15 is 0 Å². The van der Waals surface area contributed by atoms with Crippen LogP contribution in [-0.2, 0) is 6.54 Å². The first kappa shape index (κ1) is 22.1. The van der Waals surface area contributed by atoms with Crippen LogP contribution >= 0.6 is 0 Å². The molecule has 6 aromatic rings. The van der Waals surface area contributed by atoms with Gasteiger partial charge in [-0.3, -0.25) is 0 Å². The maximum Gasteiger partial charge on any atom is 0.127 e. The van der Waals surface area contributed by atoms with Crippen LogP contribution in [0.25, 0.3) is 21.5 Å². The molecular formula is C34H25N3O. The van der Waals surface area contributed by atoms with Gasteiger partial charge in [-0.05, 0) is 89.0 Å². The smallest absolute Gasteiger partial charge is 0.127 e. The van der Waals surface area contributed by atoms with E-state index in [-0.39, 0.29) is 0 Å². The number of para-hydroxylation sites is 2. The molecule has 4 nitrogen and oxygen atoms in total. The minimum Gasteiger partial charge on any atom is -0.457 e. The molecule has 6 aromatic carbocycles. The van der Waals surface area contributed by atoms with Gasteiger partial charge in [-0.15, -0.1) is 0 Å². The lowest BCUT2D eigenvalue weighted by atomic mass is 9.96. The molecule has 0 spiro atoms. The van der Waals surface area contributed by atoms with Crippen molar-refractivity contribution in [3.8, 4) is 11.5 Å². The Morgan fingerprint density at radius 1 is 0.632 bits per heavy atom. The van der Waals surface area contributed by atoms with Crippen molar-refractivity contribution in [1.82, 2.24) is 0 Å². The van der Waals surface area contributed by atoms with E-state index in [1.54, 1.807) is 0 Å². The number of hydrogen-bond donors (Lipinski definition) is 1. The molecule has 38 heavy (non-hydrogen) atoms. The second-order valence-corrected chi connectivity index (χ2v) is 9.44. The van der Waals surface area contributed by atoms with Crippen LogP contribution in [0.2, 0.25) is 0 Å². The highest BCUT2D eigenvalue weighted by Gasteiger charge is 2.17. The fraction of sp³-hybridized carbons (Fsp3) is 0.0294. The fourth-order valence-corrected chi connectivity index (χ4v) is 5.05. The lowest BCUT2D eigenvalue weighted by Crippen LogP contribution is -2.23. The van der Waals surface area contributed by atoms with Crippen molar-refractivity contribution in [2.24, 2.45) is 4.99 Å². The molecule has 0 radical (unpaired) electrons. The van der Waals surface area contributed by atoms with Crippen molar-refractivity contribution in [3.63, 3.8) is 0 Å². The van der Waals surface area contributed by atoms with Crippen molar-refractivity contribution in [2.45, 2.75) is 6.54 Å². The lowest BCUT2D eigenvalue weighted by molar-refractivity contribution is 0.483. The van der Waals surface area contributed by atoms with Crippen molar-refractivity contribution in [1.29, 1.82) is 0 Å². The maximum atomic E-state index is 5.95. The van der Waals surface area contributed by atoms with Gasteiger partial charge in [-0.1, -0.05) is 54.6 Å². The molecule has 0 saturated heterocycles. The van der Waals surface area contributed by atoms with Gasteiger partial charge >= 0.3 is 0 Å². The molecule has 0 fully saturated rings. The number of hydrogen-bond acceptors (Lipinski definition) is 4. The second-order valence-electron chi connectivity index (χ2n) is 9.44. The predicted molar refractivity (Wildman–Crippen MR) is 158 cm³/mol. The molecule has 1 N–H and O–H groups in total. The van der Waals surface area contributed by atoms with E-state index in [0.717, 1.165) is 40.8 Å². The van der Waals surface area contributed by atoms with Gasteiger partial charge in [0.05, 0.1) is 18.6 Å². The second kappa shape index (κ2) is 9.41. The van der Waals surface area contributed by atoms with Crippen molar-refractivity contribution < 1.29 is 4.74 Å². The molecule has 7 rings (SSSR count). The van der Waals surface area contributed by atoms with E-state index in [4.69, 9.17) is 9.73 Å². The summed E-state index contributed by atoms with van der Waals surface area (Å²) in [4.78, 5) is 6.99. The zero-order valence-electron chi connectivity index (χ0n) is 20.7. The van der Waals surface area contributed by atoms with Crippen LogP contribution in [0.1, 0.15) is 5.56 Å². The van der Waals surface area contributed by atoms with E-state index in [0.29, 0.717) is 0 Å². The van der Waals surface area contributed by atoms with Crippen LogP contribution in [0.3, 0.4) is 0 Å². The number of fused-ring (bicyclic) bond motifs is 4. The minimum atomic E-state index is 0.782. The molecule has 0 aromatic heterocycles. The molecule has 0 saturated carbocycles. The van der Waals surface area contributed by atoms with Crippen molar-refractivity contribution in [2.75, 3.05) is 10.2 Å². The molecular weight excluding hydrogens is 466 g/mol. The topological polar surface area (TPSA) is 36.9 Å². The standard InChI is InChI=1S/C34H25N3O/c1-3-9-27(10-4-1)37-22-32-30-21-31-24(20-25(30)14-19-33(32)35-23-37)8-7-13-34(31)36-26-15-17-29(18-16-26)38-28-11-5-2-6-12-28/h1-21,23,36H,22H2. The highest BCUT2D eigenvalue weighted by molar-refractivity contribution is 6.07. The van der Waals surface area contributed by atoms with Gasteiger partial charge in [0.1, 0.15) is 11.5 Å². The third-order valence-corrected chi connectivity index (χ3v) is 6.97. The predicted octanol–water partition coefficient (Wildman–Crippen LogP) is 9.21. The Morgan fingerprint density at radius 2 is 1.37 bits per heavy atom. The molecule has 0 aliphatic carbocycles. The third kappa shape index (κ3) is 4.22. The largest absolute Gasteiger partial charge is 0.457 e. The Labute approximate surface area is 221 Å². The molecule has 1 aliphatic heterocycles. The van der Waals surface area contributed by atoms with Gasteiger partial charge in [0.15, 0.2) is 0 Å². The highest BCUT2D eigenvalue weighted by Crippen LogP contribution is 2.37. The molecule has 1 heterocycles. The first-order valence-electron chi connectivity index (χ1n) is 12.7. The molecule has 0 atom stereocenters. The van der Waals surface area contributed by atoms with E-state index in [1.807, 2.05) is 67.0 Å². The van der Waals surface area contributed by atoms with Gasteiger partial charge in [0.2, 0.25) is 0 Å². The summed E-state index contributed by atoms with van der Waals surface area (Å²) in [6.07, 6.45) is 1.93. The number of nitrogens with zero attached hydrogens (tertiary/aromatic N) is 2. The van der Waals surface area contributed by atoms with Crippen molar-refractivity contribution in [3.05, 3.63) is 133 Å². The van der Waals surface area contributed by atoms with Crippen LogP contribution < -0.4 is 15.0 Å². The monoisotopic (exact) mass is 491 g/mol. The molecule has 0 bridgehead atoms. The fourth-order valence-electron chi connectivity index (χ4n) is 5.05. The number of benzene rings is 6. The number of anilines is 3. The first-order chi connectivity index (χ1) is 18.8. The summed E-state index contributed by atoms with van der Waals surface area (Å²) >= 11 is 0. The van der Waals surface area contributed by atoms with E-state index in [9.17, 15) is 0 Å². The summed E-state index contributed by atoms with van der Waals surface area (Å²) in [6, 6.07) is 43.6. The Hall–Kier alpha value is -5.09. The molecule has 4 heteroatoms.